The lowest BCUT2D eigenvalue weighted by atomic mass is 9.80. The Morgan fingerprint density at radius 3 is 2.84 bits per heavy atom. The molecule has 0 aromatic carbocycles. The summed E-state index contributed by atoms with van der Waals surface area (Å²) in [6, 6.07) is 0. The molecular weight excluding hydrogens is 447 g/mol. The molecule has 0 unspecified atom stereocenters. The number of thiazole rings is 1. The quantitative estimate of drug-likeness (QED) is 0.401. The van der Waals surface area contributed by atoms with Crippen LogP contribution in [0.3, 0.4) is 0 Å². The summed E-state index contributed by atoms with van der Waals surface area (Å²) in [5.41, 5.74) is 0.458. The number of ether oxygens (including phenoxy) is 1. The van der Waals surface area contributed by atoms with Crippen LogP contribution >= 0.6 is 35.3 Å². The molecule has 142 valence electrons. The van der Waals surface area contributed by atoms with Gasteiger partial charge in [0.2, 0.25) is 0 Å². The molecule has 2 fully saturated rings. The Morgan fingerprint density at radius 1 is 1.36 bits per heavy atom. The number of hydrogen-bond acceptors (Lipinski definition) is 4. The minimum atomic E-state index is 0. The van der Waals surface area contributed by atoms with Gasteiger partial charge < -0.3 is 15.0 Å². The van der Waals surface area contributed by atoms with Crippen molar-refractivity contribution >= 4 is 41.3 Å². The Labute approximate surface area is 172 Å². The first-order valence-electron chi connectivity index (χ1n) is 9.29. The first kappa shape index (κ1) is 20.9. The summed E-state index contributed by atoms with van der Waals surface area (Å²) < 4.78 is 5.55. The lowest BCUT2D eigenvalue weighted by molar-refractivity contribution is 0.0217. The van der Waals surface area contributed by atoms with Crippen molar-refractivity contribution in [3.05, 3.63) is 16.1 Å². The lowest BCUT2D eigenvalue weighted by Gasteiger charge is -2.33. The Hall–Kier alpha value is -0.410. The minimum absolute atomic E-state index is 0. The van der Waals surface area contributed by atoms with Gasteiger partial charge in [-0.1, -0.05) is 6.92 Å². The lowest BCUT2D eigenvalue weighted by Crippen LogP contribution is -2.42. The van der Waals surface area contributed by atoms with E-state index in [0.29, 0.717) is 5.41 Å². The van der Waals surface area contributed by atoms with Gasteiger partial charge in [0.1, 0.15) is 0 Å². The van der Waals surface area contributed by atoms with Gasteiger partial charge in [0.15, 0.2) is 5.96 Å². The van der Waals surface area contributed by atoms with Crippen molar-refractivity contribution in [1.82, 2.24) is 15.2 Å². The maximum Gasteiger partial charge on any atom is 0.193 e. The Kier molecular flexibility index (Phi) is 8.41. The van der Waals surface area contributed by atoms with Crippen LogP contribution in [0.2, 0.25) is 0 Å². The second-order valence-corrected chi connectivity index (χ2v) is 8.04. The van der Waals surface area contributed by atoms with Crippen molar-refractivity contribution in [2.24, 2.45) is 10.4 Å². The summed E-state index contributed by atoms with van der Waals surface area (Å²) >= 11 is 1.82. The predicted molar refractivity (Wildman–Crippen MR) is 115 cm³/mol. The molecule has 0 atom stereocenters. The van der Waals surface area contributed by atoms with Crippen molar-refractivity contribution in [2.75, 3.05) is 39.4 Å². The first-order valence-corrected chi connectivity index (χ1v) is 10.1. The predicted octanol–water partition coefficient (Wildman–Crippen LogP) is 3.33. The van der Waals surface area contributed by atoms with Gasteiger partial charge in [0.05, 0.1) is 5.01 Å². The zero-order valence-electron chi connectivity index (χ0n) is 15.4. The van der Waals surface area contributed by atoms with Crippen molar-refractivity contribution in [1.29, 1.82) is 0 Å². The van der Waals surface area contributed by atoms with Gasteiger partial charge in [0.25, 0.3) is 0 Å². The van der Waals surface area contributed by atoms with Gasteiger partial charge in [-0.2, -0.15) is 0 Å². The number of likely N-dealkylation sites (tertiary alicyclic amines) is 1. The molecule has 1 N–H and O–H groups in total. The highest BCUT2D eigenvalue weighted by Crippen LogP contribution is 2.39. The number of nitrogens with one attached hydrogen (secondary N) is 1. The van der Waals surface area contributed by atoms with Crippen molar-refractivity contribution in [2.45, 2.75) is 46.0 Å². The molecule has 3 rings (SSSR count). The Balaban J connectivity index is 0.00000225. The zero-order valence-corrected chi connectivity index (χ0v) is 18.6. The molecule has 0 bridgehead atoms. The Bertz CT molecular complexity index is 557. The summed E-state index contributed by atoms with van der Waals surface area (Å²) in [6.07, 6.45) is 7.68. The maximum atomic E-state index is 5.55. The van der Waals surface area contributed by atoms with Crippen LogP contribution in [0.15, 0.2) is 11.2 Å². The topological polar surface area (TPSA) is 49.8 Å². The van der Waals surface area contributed by atoms with Gasteiger partial charge in [-0.3, -0.25) is 4.99 Å². The van der Waals surface area contributed by atoms with Crippen molar-refractivity contribution in [3.8, 4) is 0 Å². The van der Waals surface area contributed by atoms with Crippen LogP contribution in [-0.4, -0.2) is 55.2 Å². The first-order chi connectivity index (χ1) is 11.7. The molecule has 25 heavy (non-hydrogen) atoms. The number of halogens is 1. The monoisotopic (exact) mass is 478 g/mol. The minimum Gasteiger partial charge on any atom is -0.381 e. The summed E-state index contributed by atoms with van der Waals surface area (Å²) in [7, 11) is 0. The number of guanidine groups is 1. The molecule has 7 heteroatoms. The molecule has 3 heterocycles. The number of hydrogen-bond donors (Lipinski definition) is 1. The van der Waals surface area contributed by atoms with E-state index in [4.69, 9.17) is 9.73 Å². The fourth-order valence-electron chi connectivity index (χ4n) is 3.64. The van der Waals surface area contributed by atoms with Crippen LogP contribution in [0.25, 0.3) is 0 Å². The molecule has 0 aliphatic carbocycles. The van der Waals surface area contributed by atoms with E-state index in [1.165, 1.54) is 29.1 Å². The van der Waals surface area contributed by atoms with Crippen molar-refractivity contribution in [3.63, 3.8) is 0 Å². The zero-order chi connectivity index (χ0) is 16.8. The van der Waals surface area contributed by atoms with Crippen LogP contribution in [0.1, 0.15) is 43.0 Å². The molecule has 1 spiro atoms. The van der Waals surface area contributed by atoms with Gasteiger partial charge in [-0.05, 0) is 38.0 Å². The van der Waals surface area contributed by atoms with Gasteiger partial charge >= 0.3 is 0 Å². The normalized spacial score (nSPS) is 19.9. The van der Waals surface area contributed by atoms with Gasteiger partial charge in [-0.25, -0.2) is 4.98 Å². The van der Waals surface area contributed by atoms with Gasteiger partial charge in [-0.15, -0.1) is 35.3 Å². The van der Waals surface area contributed by atoms with E-state index in [-0.39, 0.29) is 24.0 Å². The van der Waals surface area contributed by atoms with Crippen LogP contribution in [0.4, 0.5) is 0 Å². The maximum absolute atomic E-state index is 5.55. The number of aromatic nitrogens is 1. The van der Waals surface area contributed by atoms with E-state index >= 15 is 0 Å². The van der Waals surface area contributed by atoms with E-state index < -0.39 is 0 Å². The second-order valence-electron chi connectivity index (χ2n) is 6.84. The van der Waals surface area contributed by atoms with E-state index in [1.54, 1.807) is 0 Å². The molecule has 0 amide bonds. The molecule has 5 nitrogen and oxygen atoms in total. The van der Waals surface area contributed by atoms with E-state index in [0.717, 1.165) is 58.2 Å². The third-order valence-corrected chi connectivity index (χ3v) is 6.36. The second kappa shape index (κ2) is 10.1. The molecule has 2 aliphatic rings. The molecule has 1 aromatic rings. The summed E-state index contributed by atoms with van der Waals surface area (Å²) in [4.78, 5) is 13.2. The molecule has 1 aromatic heterocycles. The van der Waals surface area contributed by atoms with Crippen molar-refractivity contribution < 1.29 is 4.74 Å². The highest BCUT2D eigenvalue weighted by atomic mass is 127. The summed E-state index contributed by atoms with van der Waals surface area (Å²) in [5, 5.41) is 4.68. The number of rotatable bonds is 5. The largest absolute Gasteiger partial charge is 0.381 e. The number of nitrogens with zero attached hydrogens (tertiary/aromatic N) is 3. The van der Waals surface area contributed by atoms with Crippen LogP contribution in [0, 0.1) is 5.41 Å². The molecule has 0 radical (unpaired) electrons. The fraction of sp³-hybridized carbons (Fsp3) is 0.778. The van der Waals surface area contributed by atoms with Crippen LogP contribution in [-0.2, 0) is 17.6 Å². The fourth-order valence-corrected chi connectivity index (χ4v) is 4.49. The standard InChI is InChI=1S/C18H30N4OS.HI/c1-3-15-13-21-16(24-15)5-9-20-17(19-4-2)22-10-6-18(14-22)7-11-23-12-8-18;/h13H,3-12,14H2,1-2H3,(H,19,20);1H. The third kappa shape index (κ3) is 5.53. The molecule has 2 saturated heterocycles. The highest BCUT2D eigenvalue weighted by Gasteiger charge is 2.40. The Morgan fingerprint density at radius 2 is 2.16 bits per heavy atom. The van der Waals surface area contributed by atoms with Crippen LogP contribution < -0.4 is 5.32 Å². The van der Waals surface area contributed by atoms with Crippen LogP contribution in [0.5, 0.6) is 0 Å². The average Bonchev–Trinajstić information content (AvgIpc) is 3.22. The number of aliphatic imine (C=N–C) groups is 1. The number of aryl methyl sites for hydroxylation is 1. The van der Waals surface area contributed by atoms with E-state index in [1.807, 2.05) is 17.5 Å². The summed E-state index contributed by atoms with van der Waals surface area (Å²) in [6.45, 7) is 10.1. The molecular formula is C18H31IN4OS. The highest BCUT2D eigenvalue weighted by molar-refractivity contribution is 14.0. The smallest absolute Gasteiger partial charge is 0.193 e. The van der Waals surface area contributed by atoms with Gasteiger partial charge in [0, 0.05) is 56.9 Å². The SMILES string of the molecule is CCNC(=NCCc1ncc(CC)s1)N1CCC2(CCOCC2)C1.I. The molecule has 0 saturated carbocycles. The van der Waals surface area contributed by atoms with E-state index in [2.05, 4.69) is 29.0 Å². The third-order valence-electron chi connectivity index (χ3n) is 5.16. The average molecular weight is 478 g/mol. The summed E-state index contributed by atoms with van der Waals surface area (Å²) in [5.74, 6) is 1.08. The molecule has 2 aliphatic heterocycles. The van der Waals surface area contributed by atoms with E-state index in [9.17, 15) is 0 Å².